The highest BCUT2D eigenvalue weighted by Gasteiger charge is 2.22. The minimum Gasteiger partial charge on any atom is -0.366 e. The molecular weight excluding hydrogens is 420 g/mol. The van der Waals surface area contributed by atoms with E-state index in [0.717, 1.165) is 47.0 Å². The molecule has 3 heterocycles. The van der Waals surface area contributed by atoms with Crippen molar-refractivity contribution < 1.29 is 9.59 Å². The van der Waals surface area contributed by atoms with Crippen LogP contribution in [0.3, 0.4) is 0 Å². The second-order valence-electron chi connectivity index (χ2n) is 7.40. The van der Waals surface area contributed by atoms with Crippen molar-refractivity contribution in [3.8, 4) is 22.0 Å². The quantitative estimate of drug-likeness (QED) is 0.590. The molecule has 1 aliphatic heterocycles. The first-order chi connectivity index (χ1) is 14.5. The number of primary amides is 1. The van der Waals surface area contributed by atoms with E-state index in [1.807, 2.05) is 47.5 Å². The summed E-state index contributed by atoms with van der Waals surface area (Å²) in [6, 6.07) is 9.41. The number of nitrogens with zero attached hydrogens (tertiary/aromatic N) is 3. The number of rotatable bonds is 7. The molecular formula is C22H23ClN4O2S. The van der Waals surface area contributed by atoms with Crippen molar-refractivity contribution in [3.05, 3.63) is 52.0 Å². The van der Waals surface area contributed by atoms with E-state index in [1.165, 1.54) is 11.3 Å². The number of likely N-dealkylation sites (tertiary alicyclic amines) is 1. The van der Waals surface area contributed by atoms with E-state index in [9.17, 15) is 9.59 Å². The van der Waals surface area contributed by atoms with Crippen LogP contribution in [0.25, 0.3) is 22.0 Å². The van der Waals surface area contributed by atoms with E-state index < -0.39 is 5.91 Å². The summed E-state index contributed by atoms with van der Waals surface area (Å²) >= 11 is 7.84. The van der Waals surface area contributed by atoms with Crippen LogP contribution < -0.4 is 5.73 Å². The Morgan fingerprint density at radius 3 is 2.80 bits per heavy atom. The van der Waals surface area contributed by atoms with Gasteiger partial charge in [0.05, 0.1) is 22.0 Å². The Hall–Kier alpha value is -2.64. The maximum atomic E-state index is 11.9. The van der Waals surface area contributed by atoms with Crippen LogP contribution in [0.4, 0.5) is 0 Å². The topological polar surface area (TPSA) is 81.2 Å². The predicted octanol–water partition coefficient (Wildman–Crippen LogP) is 4.35. The molecule has 3 aromatic rings. The monoisotopic (exact) mass is 442 g/mol. The smallest absolute Gasteiger partial charge is 0.250 e. The van der Waals surface area contributed by atoms with Crippen LogP contribution in [-0.4, -0.2) is 39.4 Å². The average molecular weight is 443 g/mol. The van der Waals surface area contributed by atoms with Crippen molar-refractivity contribution in [2.75, 3.05) is 13.1 Å². The SMILES string of the molecule is Cc1c(C(N)=O)cc(-c2csc(-c3ccccc3Cl)n2)n1CCCN1CCCC1=O. The molecule has 8 heteroatoms. The number of hydrogen-bond donors (Lipinski definition) is 1. The Morgan fingerprint density at radius 2 is 2.10 bits per heavy atom. The van der Waals surface area contributed by atoms with E-state index >= 15 is 0 Å². The maximum absolute atomic E-state index is 11.9. The first-order valence-electron chi connectivity index (χ1n) is 9.94. The first kappa shape index (κ1) is 20.6. The molecule has 4 rings (SSSR count). The Balaban J connectivity index is 1.62. The van der Waals surface area contributed by atoms with Crippen molar-refractivity contribution in [3.63, 3.8) is 0 Å². The molecule has 0 spiro atoms. The standard InChI is InChI=1S/C22H23ClN4O2S/c1-14-16(21(24)29)12-19(27(14)11-5-10-26-9-4-8-20(26)28)18-13-30-22(25-18)15-6-2-3-7-17(15)23/h2-3,6-7,12-13H,4-5,8-11H2,1H3,(H2,24,29). The van der Waals surface area contributed by atoms with Gasteiger partial charge in [0.1, 0.15) is 5.01 Å². The molecule has 1 fully saturated rings. The minimum absolute atomic E-state index is 0.223. The molecule has 1 saturated heterocycles. The third kappa shape index (κ3) is 4.00. The molecule has 156 valence electrons. The van der Waals surface area contributed by atoms with Crippen molar-refractivity contribution in [2.45, 2.75) is 32.7 Å². The van der Waals surface area contributed by atoms with Crippen LogP contribution in [-0.2, 0) is 11.3 Å². The molecule has 0 bridgehead atoms. The summed E-state index contributed by atoms with van der Waals surface area (Å²) in [5.41, 5.74) is 9.42. The Bertz CT molecular complexity index is 1100. The second kappa shape index (κ2) is 8.62. The van der Waals surface area contributed by atoms with Gasteiger partial charge in [0.2, 0.25) is 5.91 Å². The second-order valence-corrected chi connectivity index (χ2v) is 8.67. The molecule has 2 amide bonds. The maximum Gasteiger partial charge on any atom is 0.250 e. The number of amides is 2. The molecule has 1 aliphatic rings. The third-order valence-corrected chi connectivity index (χ3v) is 6.69. The molecule has 1 aromatic carbocycles. The Labute approximate surface area is 184 Å². The Morgan fingerprint density at radius 1 is 1.30 bits per heavy atom. The van der Waals surface area contributed by atoms with Crippen LogP contribution in [0.2, 0.25) is 5.02 Å². The summed E-state index contributed by atoms with van der Waals surface area (Å²) in [5, 5.41) is 3.45. The van der Waals surface area contributed by atoms with Crippen molar-refractivity contribution >= 4 is 34.8 Å². The molecule has 30 heavy (non-hydrogen) atoms. The summed E-state index contributed by atoms with van der Waals surface area (Å²) in [6.45, 7) is 4.11. The van der Waals surface area contributed by atoms with E-state index in [4.69, 9.17) is 22.3 Å². The minimum atomic E-state index is -0.455. The van der Waals surface area contributed by atoms with Crippen LogP contribution >= 0.6 is 22.9 Å². The van der Waals surface area contributed by atoms with Crippen LogP contribution in [0.5, 0.6) is 0 Å². The molecule has 2 N–H and O–H groups in total. The lowest BCUT2D eigenvalue weighted by Gasteiger charge is -2.17. The van der Waals surface area contributed by atoms with Crippen LogP contribution in [0, 0.1) is 6.92 Å². The zero-order valence-corrected chi connectivity index (χ0v) is 18.3. The van der Waals surface area contributed by atoms with Crippen molar-refractivity contribution in [1.82, 2.24) is 14.5 Å². The van der Waals surface area contributed by atoms with E-state index in [0.29, 0.717) is 30.1 Å². The summed E-state index contributed by atoms with van der Waals surface area (Å²) in [7, 11) is 0. The number of carbonyl (C=O) groups is 2. The lowest BCUT2D eigenvalue weighted by molar-refractivity contribution is -0.127. The average Bonchev–Trinajstić information content (AvgIpc) is 3.42. The summed E-state index contributed by atoms with van der Waals surface area (Å²) in [4.78, 5) is 30.5. The van der Waals surface area contributed by atoms with Gasteiger partial charge in [-0.05, 0) is 31.9 Å². The summed E-state index contributed by atoms with van der Waals surface area (Å²) in [5.74, 6) is -0.232. The van der Waals surface area contributed by atoms with Gasteiger partial charge in [0, 0.05) is 42.7 Å². The summed E-state index contributed by atoms with van der Waals surface area (Å²) in [6.07, 6.45) is 2.37. The zero-order chi connectivity index (χ0) is 21.3. The molecule has 0 atom stereocenters. The molecule has 0 aliphatic carbocycles. The normalized spacial score (nSPS) is 13.9. The number of carbonyl (C=O) groups excluding carboxylic acids is 2. The van der Waals surface area contributed by atoms with Gasteiger partial charge in [-0.3, -0.25) is 9.59 Å². The highest BCUT2D eigenvalue weighted by molar-refractivity contribution is 7.13. The number of aromatic nitrogens is 2. The third-order valence-electron chi connectivity index (χ3n) is 5.48. The van der Waals surface area contributed by atoms with Gasteiger partial charge in [0.15, 0.2) is 0 Å². The molecule has 0 saturated carbocycles. The predicted molar refractivity (Wildman–Crippen MR) is 120 cm³/mol. The fourth-order valence-electron chi connectivity index (χ4n) is 3.90. The van der Waals surface area contributed by atoms with Crippen molar-refractivity contribution in [2.24, 2.45) is 5.73 Å². The van der Waals surface area contributed by atoms with Gasteiger partial charge >= 0.3 is 0 Å². The zero-order valence-electron chi connectivity index (χ0n) is 16.7. The lowest BCUT2D eigenvalue weighted by atomic mass is 10.2. The number of nitrogens with two attached hydrogens (primary N) is 1. The molecule has 2 aromatic heterocycles. The highest BCUT2D eigenvalue weighted by Crippen LogP contribution is 2.34. The molecule has 6 nitrogen and oxygen atoms in total. The van der Waals surface area contributed by atoms with Gasteiger partial charge in [-0.1, -0.05) is 29.8 Å². The number of halogens is 1. The van der Waals surface area contributed by atoms with Gasteiger partial charge in [0.25, 0.3) is 5.91 Å². The van der Waals surface area contributed by atoms with Gasteiger partial charge in [-0.25, -0.2) is 4.98 Å². The van der Waals surface area contributed by atoms with Gasteiger partial charge < -0.3 is 15.2 Å². The largest absolute Gasteiger partial charge is 0.366 e. The van der Waals surface area contributed by atoms with Gasteiger partial charge in [-0.15, -0.1) is 11.3 Å². The van der Waals surface area contributed by atoms with E-state index in [1.54, 1.807) is 0 Å². The first-order valence-corrected chi connectivity index (χ1v) is 11.2. The van der Waals surface area contributed by atoms with Crippen LogP contribution in [0.1, 0.15) is 35.3 Å². The summed E-state index contributed by atoms with van der Waals surface area (Å²) < 4.78 is 2.08. The highest BCUT2D eigenvalue weighted by atomic mass is 35.5. The lowest BCUT2D eigenvalue weighted by Crippen LogP contribution is -2.26. The van der Waals surface area contributed by atoms with Crippen LogP contribution in [0.15, 0.2) is 35.7 Å². The fraction of sp³-hybridized carbons (Fsp3) is 0.318. The number of benzene rings is 1. The molecule has 0 radical (unpaired) electrons. The Kier molecular flexibility index (Phi) is 5.92. The molecule has 0 unspecified atom stereocenters. The van der Waals surface area contributed by atoms with Gasteiger partial charge in [-0.2, -0.15) is 0 Å². The number of thiazole rings is 1. The van der Waals surface area contributed by atoms with Crippen molar-refractivity contribution in [1.29, 1.82) is 0 Å². The van der Waals surface area contributed by atoms with E-state index in [2.05, 4.69) is 4.57 Å². The fourth-order valence-corrected chi connectivity index (χ4v) is 5.04. The van der Waals surface area contributed by atoms with E-state index in [-0.39, 0.29) is 5.91 Å². The number of hydrogen-bond acceptors (Lipinski definition) is 4.